The van der Waals surface area contributed by atoms with Crippen molar-refractivity contribution in [3.63, 3.8) is 0 Å². The van der Waals surface area contributed by atoms with E-state index in [0.717, 1.165) is 41.1 Å². The maximum absolute atomic E-state index is 12.5. The summed E-state index contributed by atoms with van der Waals surface area (Å²) in [4.78, 5) is 39.0. The minimum atomic E-state index is -0.754. The average molecular weight is 411 g/mol. The Balaban J connectivity index is 1.72. The Hall–Kier alpha value is -3.59. The predicted octanol–water partition coefficient (Wildman–Crippen LogP) is 3.74. The molecule has 1 aromatic heterocycles. The van der Waals surface area contributed by atoms with Crippen LogP contribution in [0.2, 0.25) is 0 Å². The van der Waals surface area contributed by atoms with Crippen LogP contribution in [0.3, 0.4) is 0 Å². The fourth-order valence-electron chi connectivity index (χ4n) is 2.66. The van der Waals surface area contributed by atoms with Gasteiger partial charge in [0.2, 0.25) is 0 Å². The number of nitro groups is 1. The normalized spacial score (nSPS) is 10.4. The van der Waals surface area contributed by atoms with Crippen LogP contribution in [0.15, 0.2) is 47.8 Å². The van der Waals surface area contributed by atoms with E-state index in [4.69, 9.17) is 0 Å². The first-order valence-corrected chi connectivity index (χ1v) is 9.43. The smallest absolute Gasteiger partial charge is 0.338 e. The van der Waals surface area contributed by atoms with Gasteiger partial charge in [0.1, 0.15) is 0 Å². The Morgan fingerprint density at radius 1 is 1.17 bits per heavy atom. The lowest BCUT2D eigenvalue weighted by Gasteiger charge is -2.08. The molecule has 3 rings (SSSR count). The van der Waals surface area contributed by atoms with Gasteiger partial charge in [-0.2, -0.15) is 0 Å². The Bertz CT molecular complexity index is 1080. The van der Waals surface area contributed by atoms with E-state index in [-0.39, 0.29) is 23.4 Å². The lowest BCUT2D eigenvalue weighted by molar-refractivity contribution is -0.384. The Kier molecular flexibility index (Phi) is 5.99. The first-order chi connectivity index (χ1) is 13.9. The van der Waals surface area contributed by atoms with Gasteiger partial charge in [0.15, 0.2) is 0 Å². The summed E-state index contributed by atoms with van der Waals surface area (Å²) >= 11 is 1.57. The first kappa shape index (κ1) is 20.2. The monoisotopic (exact) mass is 411 g/mol. The molecule has 0 saturated heterocycles. The summed E-state index contributed by atoms with van der Waals surface area (Å²) in [6, 6.07) is 11.0. The van der Waals surface area contributed by atoms with Gasteiger partial charge in [0, 0.05) is 35.2 Å². The van der Waals surface area contributed by atoms with Crippen molar-refractivity contribution in [2.45, 2.75) is 13.5 Å². The molecule has 0 atom stereocenters. The SMILES string of the molecule is COC(=O)c1cc(C(=O)NCc2ccc(-c3csc(C)n3)cc2)cc([N+](=O)[O-])c1. The maximum atomic E-state index is 12.5. The molecule has 0 spiro atoms. The van der Waals surface area contributed by atoms with Crippen molar-refractivity contribution in [2.75, 3.05) is 7.11 Å². The number of methoxy groups -OCH3 is 1. The molecule has 1 amide bonds. The molecule has 0 aliphatic heterocycles. The minimum absolute atomic E-state index is 0.00849. The molecule has 2 aromatic carbocycles. The highest BCUT2D eigenvalue weighted by Gasteiger charge is 2.18. The number of nitrogens with zero attached hydrogens (tertiary/aromatic N) is 2. The molecule has 29 heavy (non-hydrogen) atoms. The molecule has 0 saturated carbocycles. The number of nitro benzene ring substituents is 1. The fourth-order valence-corrected chi connectivity index (χ4v) is 3.28. The average Bonchev–Trinajstić information content (AvgIpc) is 3.17. The molecule has 0 aliphatic rings. The van der Waals surface area contributed by atoms with Gasteiger partial charge in [-0.15, -0.1) is 11.3 Å². The molecule has 148 valence electrons. The largest absolute Gasteiger partial charge is 0.465 e. The number of benzene rings is 2. The van der Waals surface area contributed by atoms with E-state index < -0.39 is 16.8 Å². The molecule has 1 N–H and O–H groups in total. The summed E-state index contributed by atoms with van der Waals surface area (Å²) in [5, 5.41) is 16.8. The van der Waals surface area contributed by atoms with E-state index in [1.54, 1.807) is 11.3 Å². The second kappa shape index (κ2) is 8.61. The Morgan fingerprint density at radius 3 is 2.45 bits per heavy atom. The number of esters is 1. The molecule has 9 heteroatoms. The molecule has 0 bridgehead atoms. The molecule has 0 aliphatic carbocycles. The molecule has 3 aromatic rings. The van der Waals surface area contributed by atoms with E-state index in [1.165, 1.54) is 6.07 Å². The van der Waals surface area contributed by atoms with Crippen LogP contribution in [-0.4, -0.2) is 28.9 Å². The van der Waals surface area contributed by atoms with Crippen molar-refractivity contribution in [2.24, 2.45) is 0 Å². The maximum Gasteiger partial charge on any atom is 0.338 e. The zero-order chi connectivity index (χ0) is 21.0. The fraction of sp³-hybridized carbons (Fsp3) is 0.150. The number of rotatable bonds is 6. The van der Waals surface area contributed by atoms with E-state index in [9.17, 15) is 19.7 Å². The van der Waals surface area contributed by atoms with Crippen molar-refractivity contribution in [1.29, 1.82) is 0 Å². The molecule has 0 unspecified atom stereocenters. The number of carbonyl (C=O) groups is 2. The molecule has 0 fully saturated rings. The summed E-state index contributed by atoms with van der Waals surface area (Å²) in [5.41, 5.74) is 2.32. The number of hydrogen-bond acceptors (Lipinski definition) is 7. The molecule has 8 nitrogen and oxygen atoms in total. The lowest BCUT2D eigenvalue weighted by atomic mass is 10.1. The number of aryl methyl sites for hydroxylation is 1. The Labute approximate surface area is 170 Å². The van der Waals surface area contributed by atoms with E-state index in [1.807, 2.05) is 36.6 Å². The van der Waals surface area contributed by atoms with Gasteiger partial charge in [-0.3, -0.25) is 14.9 Å². The summed E-state index contributed by atoms with van der Waals surface area (Å²) in [7, 11) is 1.16. The quantitative estimate of drug-likeness (QED) is 0.376. The topological polar surface area (TPSA) is 111 Å². The summed E-state index contributed by atoms with van der Waals surface area (Å²) in [6.07, 6.45) is 0. The number of aromatic nitrogens is 1. The van der Waals surface area contributed by atoms with Crippen LogP contribution in [0.25, 0.3) is 11.3 Å². The standard InChI is InChI=1S/C20H17N3O5S/c1-12-22-18(11-29-12)14-5-3-13(4-6-14)10-21-19(24)15-7-16(20(25)28-2)9-17(8-15)23(26)27/h3-9,11H,10H2,1-2H3,(H,21,24). The van der Waals surface area contributed by atoms with Gasteiger partial charge < -0.3 is 10.1 Å². The highest BCUT2D eigenvalue weighted by molar-refractivity contribution is 7.09. The number of hydrogen-bond donors (Lipinski definition) is 1. The van der Waals surface area contributed by atoms with Gasteiger partial charge in [0.25, 0.3) is 11.6 Å². The van der Waals surface area contributed by atoms with E-state index >= 15 is 0 Å². The third kappa shape index (κ3) is 4.82. The van der Waals surface area contributed by atoms with Gasteiger partial charge in [0.05, 0.1) is 28.3 Å². The highest BCUT2D eigenvalue weighted by atomic mass is 32.1. The van der Waals surface area contributed by atoms with Crippen molar-refractivity contribution in [3.8, 4) is 11.3 Å². The van der Waals surface area contributed by atoms with Crippen LogP contribution in [0.4, 0.5) is 5.69 Å². The van der Waals surface area contributed by atoms with Crippen molar-refractivity contribution in [3.05, 3.63) is 79.7 Å². The first-order valence-electron chi connectivity index (χ1n) is 8.55. The molecular weight excluding hydrogens is 394 g/mol. The third-order valence-corrected chi connectivity index (χ3v) is 4.91. The zero-order valence-corrected chi connectivity index (χ0v) is 16.5. The highest BCUT2D eigenvalue weighted by Crippen LogP contribution is 2.22. The van der Waals surface area contributed by atoms with Crippen LogP contribution in [0, 0.1) is 17.0 Å². The van der Waals surface area contributed by atoms with Crippen molar-refractivity contribution in [1.82, 2.24) is 10.3 Å². The van der Waals surface area contributed by atoms with E-state index in [0.29, 0.717) is 0 Å². The zero-order valence-electron chi connectivity index (χ0n) is 15.7. The summed E-state index contributed by atoms with van der Waals surface area (Å²) in [6.45, 7) is 2.17. The summed E-state index contributed by atoms with van der Waals surface area (Å²) in [5.74, 6) is -1.28. The summed E-state index contributed by atoms with van der Waals surface area (Å²) < 4.78 is 4.59. The van der Waals surface area contributed by atoms with Gasteiger partial charge >= 0.3 is 5.97 Å². The number of ether oxygens (including phenoxy) is 1. The second-order valence-corrected chi connectivity index (χ2v) is 7.21. The number of non-ortho nitro benzene ring substituents is 1. The van der Waals surface area contributed by atoms with Crippen molar-refractivity contribution < 1.29 is 19.2 Å². The third-order valence-electron chi connectivity index (χ3n) is 4.13. The number of amides is 1. The van der Waals surface area contributed by atoms with Gasteiger partial charge in [-0.25, -0.2) is 9.78 Å². The number of carbonyl (C=O) groups excluding carboxylic acids is 2. The minimum Gasteiger partial charge on any atom is -0.465 e. The van der Waals surface area contributed by atoms with E-state index in [2.05, 4.69) is 15.0 Å². The second-order valence-electron chi connectivity index (χ2n) is 6.15. The van der Waals surface area contributed by atoms with Crippen LogP contribution in [-0.2, 0) is 11.3 Å². The van der Waals surface area contributed by atoms with Crippen LogP contribution < -0.4 is 5.32 Å². The molecule has 0 radical (unpaired) electrons. The molecule has 1 heterocycles. The van der Waals surface area contributed by atoms with Crippen molar-refractivity contribution >= 4 is 28.9 Å². The number of nitrogens with one attached hydrogen (secondary N) is 1. The number of thiazole rings is 1. The Morgan fingerprint density at radius 2 is 1.86 bits per heavy atom. The van der Waals surface area contributed by atoms with Crippen LogP contribution in [0.1, 0.15) is 31.3 Å². The van der Waals surface area contributed by atoms with Crippen LogP contribution >= 0.6 is 11.3 Å². The van der Waals surface area contributed by atoms with Gasteiger partial charge in [-0.05, 0) is 18.6 Å². The molecular formula is C20H17N3O5S. The predicted molar refractivity (Wildman–Crippen MR) is 108 cm³/mol. The van der Waals surface area contributed by atoms with Crippen LogP contribution in [0.5, 0.6) is 0 Å². The lowest BCUT2D eigenvalue weighted by Crippen LogP contribution is -2.23. The van der Waals surface area contributed by atoms with Gasteiger partial charge in [-0.1, -0.05) is 24.3 Å².